The first kappa shape index (κ1) is 10.7. The summed E-state index contributed by atoms with van der Waals surface area (Å²) in [6.07, 6.45) is 6.86. The van der Waals surface area contributed by atoms with Crippen LogP contribution in [0.1, 0.15) is 56.6 Å². The number of hydrogen-bond acceptors (Lipinski definition) is 0. The van der Waals surface area contributed by atoms with Crippen LogP contribution >= 0.6 is 0 Å². The molecule has 1 aromatic carbocycles. The Kier molecular flexibility index (Phi) is 3.45. The van der Waals surface area contributed by atoms with Crippen LogP contribution < -0.4 is 0 Å². The minimum atomic E-state index is 0.779. The molecule has 0 spiro atoms. The smallest absolute Gasteiger partial charge is 0.0159 e. The third-order valence-corrected chi connectivity index (χ3v) is 3.97. The van der Waals surface area contributed by atoms with Crippen molar-refractivity contribution in [3.8, 4) is 0 Å². The van der Waals surface area contributed by atoms with Gasteiger partial charge in [0.1, 0.15) is 0 Å². The van der Waals surface area contributed by atoms with Crippen LogP contribution in [0.5, 0.6) is 0 Å². The van der Waals surface area contributed by atoms with Gasteiger partial charge in [0.25, 0.3) is 0 Å². The molecule has 2 rings (SSSR count). The van der Waals surface area contributed by atoms with Crippen molar-refractivity contribution < 1.29 is 0 Å². The lowest BCUT2D eigenvalue weighted by molar-refractivity contribution is 0.356. The summed E-state index contributed by atoms with van der Waals surface area (Å²) in [4.78, 5) is 0. The molecule has 0 heteroatoms. The van der Waals surface area contributed by atoms with Crippen molar-refractivity contribution in [2.75, 3.05) is 0 Å². The van der Waals surface area contributed by atoms with Gasteiger partial charge in [-0.3, -0.25) is 0 Å². The van der Waals surface area contributed by atoms with Gasteiger partial charge in [0.05, 0.1) is 0 Å². The predicted octanol–water partition coefficient (Wildman–Crippen LogP) is 4.54. The van der Waals surface area contributed by atoms with E-state index in [2.05, 4.69) is 38.1 Å². The molecule has 0 nitrogen and oxygen atoms in total. The lowest BCUT2D eigenvalue weighted by Gasteiger charge is -2.31. The summed E-state index contributed by atoms with van der Waals surface area (Å²) in [5.74, 6) is 1.71. The van der Waals surface area contributed by atoms with E-state index >= 15 is 0 Å². The molecule has 0 fully saturated rings. The molecule has 0 unspecified atom stereocenters. The standard InChI is InChI=1S/C15H22/c1-3-4-7-13-10-11-14-8-5-6-9-15(14)12(13)2/h5-6,8-9,12-13H,3-4,7,10-11H2,1-2H3/t12-,13+/m1/s1. The van der Waals surface area contributed by atoms with E-state index in [9.17, 15) is 0 Å². The Morgan fingerprint density at radius 2 is 2.07 bits per heavy atom. The lowest BCUT2D eigenvalue weighted by Crippen LogP contribution is -2.18. The van der Waals surface area contributed by atoms with Crippen molar-refractivity contribution in [3.05, 3.63) is 35.4 Å². The average molecular weight is 202 g/mol. The van der Waals surface area contributed by atoms with Gasteiger partial charge in [0, 0.05) is 0 Å². The fourth-order valence-corrected chi connectivity index (χ4v) is 2.91. The number of unbranched alkanes of at least 4 members (excludes halogenated alkanes) is 1. The number of aryl methyl sites for hydroxylation is 1. The van der Waals surface area contributed by atoms with Gasteiger partial charge in [-0.2, -0.15) is 0 Å². The van der Waals surface area contributed by atoms with Crippen LogP contribution in [0.2, 0.25) is 0 Å². The van der Waals surface area contributed by atoms with Gasteiger partial charge in [-0.05, 0) is 42.2 Å². The zero-order valence-electron chi connectivity index (χ0n) is 10.00. The van der Waals surface area contributed by atoms with Gasteiger partial charge in [-0.15, -0.1) is 0 Å². The van der Waals surface area contributed by atoms with Crippen LogP contribution in [0.15, 0.2) is 24.3 Å². The lowest BCUT2D eigenvalue weighted by atomic mass is 9.74. The second kappa shape index (κ2) is 4.83. The van der Waals surface area contributed by atoms with Crippen molar-refractivity contribution in [1.29, 1.82) is 0 Å². The number of benzene rings is 1. The second-order valence-corrected chi connectivity index (χ2v) is 4.93. The summed E-state index contributed by atoms with van der Waals surface area (Å²) in [5.41, 5.74) is 3.21. The topological polar surface area (TPSA) is 0 Å². The Labute approximate surface area is 93.7 Å². The van der Waals surface area contributed by atoms with E-state index in [0.717, 1.165) is 11.8 Å². The van der Waals surface area contributed by atoms with E-state index in [1.807, 2.05) is 0 Å². The minimum absolute atomic E-state index is 0.779. The summed E-state index contributed by atoms with van der Waals surface area (Å²) in [5, 5.41) is 0. The van der Waals surface area contributed by atoms with Gasteiger partial charge in [-0.1, -0.05) is 51.0 Å². The van der Waals surface area contributed by atoms with Gasteiger partial charge in [0.15, 0.2) is 0 Å². The van der Waals surface area contributed by atoms with Crippen LogP contribution in [0.4, 0.5) is 0 Å². The molecule has 0 radical (unpaired) electrons. The molecule has 1 aromatic rings. The molecule has 0 bridgehead atoms. The molecule has 0 saturated heterocycles. The molecule has 1 aliphatic carbocycles. The predicted molar refractivity (Wildman–Crippen MR) is 66.2 cm³/mol. The van der Waals surface area contributed by atoms with E-state index in [1.165, 1.54) is 32.1 Å². The van der Waals surface area contributed by atoms with Crippen molar-refractivity contribution in [2.24, 2.45) is 5.92 Å². The van der Waals surface area contributed by atoms with Crippen molar-refractivity contribution in [2.45, 2.75) is 51.9 Å². The molecule has 0 saturated carbocycles. The molecule has 15 heavy (non-hydrogen) atoms. The first-order valence-corrected chi connectivity index (χ1v) is 6.40. The van der Waals surface area contributed by atoms with Crippen LogP contribution in [-0.2, 0) is 6.42 Å². The van der Waals surface area contributed by atoms with E-state index in [1.54, 1.807) is 11.1 Å². The summed E-state index contributed by atoms with van der Waals surface area (Å²) in [7, 11) is 0. The molecular formula is C15H22. The fourth-order valence-electron chi connectivity index (χ4n) is 2.91. The van der Waals surface area contributed by atoms with Crippen molar-refractivity contribution in [1.82, 2.24) is 0 Å². The van der Waals surface area contributed by atoms with Gasteiger partial charge in [-0.25, -0.2) is 0 Å². The van der Waals surface area contributed by atoms with E-state index in [0.29, 0.717) is 0 Å². The Balaban J connectivity index is 2.11. The Bertz CT molecular complexity index is 314. The maximum Gasteiger partial charge on any atom is -0.0159 e. The van der Waals surface area contributed by atoms with E-state index < -0.39 is 0 Å². The highest BCUT2D eigenvalue weighted by Gasteiger charge is 2.24. The normalized spacial score (nSPS) is 24.9. The maximum atomic E-state index is 2.42. The van der Waals surface area contributed by atoms with Gasteiger partial charge < -0.3 is 0 Å². The number of rotatable bonds is 3. The molecule has 1 aliphatic rings. The summed E-state index contributed by atoms with van der Waals surface area (Å²) >= 11 is 0. The highest BCUT2D eigenvalue weighted by atomic mass is 14.3. The first-order valence-electron chi connectivity index (χ1n) is 6.40. The van der Waals surface area contributed by atoms with Crippen LogP contribution in [-0.4, -0.2) is 0 Å². The van der Waals surface area contributed by atoms with E-state index in [-0.39, 0.29) is 0 Å². The van der Waals surface area contributed by atoms with Crippen molar-refractivity contribution >= 4 is 0 Å². The third-order valence-electron chi connectivity index (χ3n) is 3.97. The number of hydrogen-bond donors (Lipinski definition) is 0. The maximum absolute atomic E-state index is 2.42. The minimum Gasteiger partial charge on any atom is -0.0654 e. The van der Waals surface area contributed by atoms with Gasteiger partial charge >= 0.3 is 0 Å². The Hall–Kier alpha value is -0.780. The zero-order valence-corrected chi connectivity index (χ0v) is 10.00. The van der Waals surface area contributed by atoms with Crippen LogP contribution in [0.3, 0.4) is 0 Å². The highest BCUT2D eigenvalue weighted by molar-refractivity contribution is 5.32. The largest absolute Gasteiger partial charge is 0.0654 e. The zero-order chi connectivity index (χ0) is 10.7. The monoisotopic (exact) mass is 202 g/mol. The number of fused-ring (bicyclic) bond motifs is 1. The van der Waals surface area contributed by atoms with Crippen molar-refractivity contribution in [3.63, 3.8) is 0 Å². The van der Waals surface area contributed by atoms with Gasteiger partial charge in [0.2, 0.25) is 0 Å². The molecule has 0 aliphatic heterocycles. The fraction of sp³-hybridized carbons (Fsp3) is 0.600. The molecule has 2 atom stereocenters. The summed E-state index contributed by atoms with van der Waals surface area (Å²) < 4.78 is 0. The molecule has 0 N–H and O–H groups in total. The Morgan fingerprint density at radius 3 is 2.87 bits per heavy atom. The molecule has 0 heterocycles. The third kappa shape index (κ3) is 2.25. The SMILES string of the molecule is CCCC[C@H]1CCc2ccccc2[C@@H]1C. The summed E-state index contributed by atoms with van der Waals surface area (Å²) in [6, 6.07) is 9.01. The Morgan fingerprint density at radius 1 is 1.27 bits per heavy atom. The molecule has 0 aromatic heterocycles. The van der Waals surface area contributed by atoms with Crippen LogP contribution in [0, 0.1) is 5.92 Å². The quantitative estimate of drug-likeness (QED) is 0.675. The average Bonchev–Trinajstić information content (AvgIpc) is 2.29. The van der Waals surface area contributed by atoms with Crippen LogP contribution in [0.25, 0.3) is 0 Å². The second-order valence-electron chi connectivity index (χ2n) is 4.93. The summed E-state index contributed by atoms with van der Waals surface area (Å²) in [6.45, 7) is 4.71. The molecular weight excluding hydrogens is 180 g/mol. The molecule has 82 valence electrons. The first-order chi connectivity index (χ1) is 7.33. The molecule has 0 amide bonds. The highest BCUT2D eigenvalue weighted by Crippen LogP contribution is 2.38. The van der Waals surface area contributed by atoms with E-state index in [4.69, 9.17) is 0 Å².